The molecule has 0 fully saturated rings. The van der Waals surface area contributed by atoms with Gasteiger partial charge in [-0.3, -0.25) is 14.4 Å². The van der Waals surface area contributed by atoms with Crippen LogP contribution in [0, 0.1) is 0 Å². The van der Waals surface area contributed by atoms with Crippen molar-refractivity contribution in [1.82, 2.24) is 0 Å². The van der Waals surface area contributed by atoms with E-state index >= 15 is 0 Å². The number of carbonyl (C=O) groups excluding carboxylic acids is 3. The van der Waals surface area contributed by atoms with Crippen LogP contribution in [0.15, 0.2) is 72.8 Å². The van der Waals surface area contributed by atoms with Gasteiger partial charge < -0.3 is 15.5 Å². The van der Waals surface area contributed by atoms with Gasteiger partial charge in [0.2, 0.25) is 5.91 Å². The highest BCUT2D eigenvalue weighted by molar-refractivity contribution is 6.10. The predicted molar refractivity (Wildman–Crippen MR) is 117 cm³/mol. The van der Waals surface area contributed by atoms with Crippen molar-refractivity contribution in [2.75, 3.05) is 22.1 Å². The molecule has 4 rings (SSSR count). The minimum absolute atomic E-state index is 0.123. The molecule has 1 aliphatic heterocycles. The molecule has 30 heavy (non-hydrogen) atoms. The van der Waals surface area contributed by atoms with Crippen LogP contribution in [-0.4, -0.2) is 24.3 Å². The minimum Gasteiger partial charge on any atom is -0.326 e. The van der Waals surface area contributed by atoms with Crippen molar-refractivity contribution in [3.63, 3.8) is 0 Å². The van der Waals surface area contributed by atoms with Gasteiger partial charge >= 0.3 is 0 Å². The number of fused-ring (bicyclic) bond motifs is 1. The van der Waals surface area contributed by atoms with Gasteiger partial charge in [-0.2, -0.15) is 0 Å². The number of carbonyl (C=O) groups is 3. The van der Waals surface area contributed by atoms with Crippen molar-refractivity contribution < 1.29 is 14.4 Å². The first kappa shape index (κ1) is 19.4. The van der Waals surface area contributed by atoms with Gasteiger partial charge in [-0.25, -0.2) is 0 Å². The zero-order chi connectivity index (χ0) is 21.1. The molecule has 1 aliphatic rings. The molecule has 0 bridgehead atoms. The highest BCUT2D eigenvalue weighted by Crippen LogP contribution is 2.29. The Morgan fingerprint density at radius 1 is 0.800 bits per heavy atom. The highest BCUT2D eigenvalue weighted by Gasteiger charge is 2.25. The SMILES string of the molecule is CC(=O)Nc1cccc(NC(=O)c2cccc(C(=O)N3CCc4ccccc43)c2)c1. The lowest BCUT2D eigenvalue weighted by atomic mass is 10.1. The number of benzene rings is 3. The summed E-state index contributed by atoms with van der Waals surface area (Å²) in [5.41, 5.74) is 4.07. The van der Waals surface area contributed by atoms with Gasteiger partial charge in [0.1, 0.15) is 0 Å². The Labute approximate surface area is 174 Å². The van der Waals surface area contributed by atoms with Crippen molar-refractivity contribution in [2.24, 2.45) is 0 Å². The average Bonchev–Trinajstić information content (AvgIpc) is 3.17. The van der Waals surface area contributed by atoms with E-state index in [0.717, 1.165) is 17.7 Å². The Balaban J connectivity index is 1.52. The molecule has 0 saturated carbocycles. The molecule has 0 saturated heterocycles. The Morgan fingerprint density at radius 3 is 2.30 bits per heavy atom. The van der Waals surface area contributed by atoms with Crippen LogP contribution in [0.5, 0.6) is 0 Å². The first-order chi connectivity index (χ1) is 14.5. The van der Waals surface area contributed by atoms with Crippen LogP contribution in [0.25, 0.3) is 0 Å². The van der Waals surface area contributed by atoms with Crippen LogP contribution in [-0.2, 0) is 11.2 Å². The van der Waals surface area contributed by atoms with E-state index in [4.69, 9.17) is 0 Å². The highest BCUT2D eigenvalue weighted by atomic mass is 16.2. The third-order valence-electron chi connectivity index (χ3n) is 4.94. The molecule has 0 radical (unpaired) electrons. The van der Waals surface area contributed by atoms with E-state index in [-0.39, 0.29) is 17.7 Å². The van der Waals surface area contributed by atoms with E-state index in [0.29, 0.717) is 29.0 Å². The van der Waals surface area contributed by atoms with E-state index in [2.05, 4.69) is 10.6 Å². The summed E-state index contributed by atoms with van der Waals surface area (Å²) in [6, 6.07) is 21.5. The number of hydrogen-bond acceptors (Lipinski definition) is 3. The Bertz CT molecular complexity index is 1140. The van der Waals surface area contributed by atoms with Crippen molar-refractivity contribution in [1.29, 1.82) is 0 Å². The number of nitrogens with zero attached hydrogens (tertiary/aromatic N) is 1. The summed E-state index contributed by atoms with van der Waals surface area (Å²) in [5.74, 6) is -0.637. The van der Waals surface area contributed by atoms with Gasteiger partial charge in [0.05, 0.1) is 0 Å². The minimum atomic E-state index is -0.327. The summed E-state index contributed by atoms with van der Waals surface area (Å²) >= 11 is 0. The van der Waals surface area contributed by atoms with Crippen LogP contribution >= 0.6 is 0 Å². The molecule has 0 unspecified atom stereocenters. The van der Waals surface area contributed by atoms with Gasteiger partial charge in [-0.1, -0.05) is 30.3 Å². The Morgan fingerprint density at radius 2 is 1.50 bits per heavy atom. The van der Waals surface area contributed by atoms with Crippen LogP contribution in [0.3, 0.4) is 0 Å². The standard InChI is InChI=1S/C24H21N3O3/c1-16(28)25-20-9-5-10-21(15-20)26-23(29)18-7-4-8-19(14-18)24(30)27-13-12-17-6-2-3-11-22(17)27/h2-11,14-15H,12-13H2,1H3,(H,25,28)(H,26,29). The van der Waals surface area contributed by atoms with E-state index in [1.165, 1.54) is 6.92 Å². The van der Waals surface area contributed by atoms with Gasteiger partial charge in [-0.15, -0.1) is 0 Å². The van der Waals surface area contributed by atoms with Crippen LogP contribution in [0.4, 0.5) is 17.1 Å². The smallest absolute Gasteiger partial charge is 0.258 e. The lowest BCUT2D eigenvalue weighted by molar-refractivity contribution is -0.114. The summed E-state index contributed by atoms with van der Waals surface area (Å²) in [4.78, 5) is 38.7. The molecule has 0 aromatic heterocycles. The summed E-state index contributed by atoms with van der Waals surface area (Å²) in [6.45, 7) is 2.05. The van der Waals surface area contributed by atoms with Gasteiger partial charge in [0.15, 0.2) is 0 Å². The van der Waals surface area contributed by atoms with Gasteiger partial charge in [0, 0.05) is 41.7 Å². The number of hydrogen-bond donors (Lipinski definition) is 2. The molecular weight excluding hydrogens is 378 g/mol. The fourth-order valence-corrected chi connectivity index (χ4v) is 3.58. The molecule has 6 heteroatoms. The number of para-hydroxylation sites is 1. The molecule has 150 valence electrons. The number of anilines is 3. The number of rotatable bonds is 4. The molecule has 1 heterocycles. The van der Waals surface area contributed by atoms with Crippen molar-refractivity contribution in [3.8, 4) is 0 Å². The van der Waals surface area contributed by atoms with Crippen molar-refractivity contribution in [3.05, 3.63) is 89.5 Å². The molecule has 3 amide bonds. The van der Waals surface area contributed by atoms with E-state index in [1.807, 2.05) is 24.3 Å². The zero-order valence-corrected chi connectivity index (χ0v) is 16.5. The third kappa shape index (κ3) is 4.07. The Kier molecular flexibility index (Phi) is 5.30. The van der Waals surface area contributed by atoms with Crippen LogP contribution in [0.2, 0.25) is 0 Å². The maximum absolute atomic E-state index is 13.0. The summed E-state index contributed by atoms with van der Waals surface area (Å²) in [6.07, 6.45) is 0.826. The average molecular weight is 399 g/mol. The lowest BCUT2D eigenvalue weighted by Crippen LogP contribution is -2.29. The van der Waals surface area contributed by atoms with Gasteiger partial charge in [0.25, 0.3) is 11.8 Å². The zero-order valence-electron chi connectivity index (χ0n) is 16.5. The number of nitrogens with one attached hydrogen (secondary N) is 2. The fraction of sp³-hybridized carbons (Fsp3) is 0.125. The predicted octanol–water partition coefficient (Wildman–Crippen LogP) is 4.10. The maximum Gasteiger partial charge on any atom is 0.258 e. The van der Waals surface area contributed by atoms with Crippen LogP contribution in [0.1, 0.15) is 33.2 Å². The third-order valence-corrected chi connectivity index (χ3v) is 4.94. The van der Waals surface area contributed by atoms with Crippen molar-refractivity contribution in [2.45, 2.75) is 13.3 Å². The maximum atomic E-state index is 13.0. The normalized spacial score (nSPS) is 12.2. The van der Waals surface area contributed by atoms with E-state index < -0.39 is 0 Å². The summed E-state index contributed by atoms with van der Waals surface area (Å²) in [5, 5.41) is 5.49. The fourth-order valence-electron chi connectivity index (χ4n) is 3.58. The molecule has 3 aromatic carbocycles. The first-order valence-electron chi connectivity index (χ1n) is 9.70. The second-order valence-electron chi connectivity index (χ2n) is 7.13. The molecule has 6 nitrogen and oxygen atoms in total. The Hall–Kier alpha value is -3.93. The van der Waals surface area contributed by atoms with Crippen molar-refractivity contribution >= 4 is 34.8 Å². The molecule has 2 N–H and O–H groups in total. The monoisotopic (exact) mass is 399 g/mol. The second-order valence-corrected chi connectivity index (χ2v) is 7.13. The molecule has 0 aliphatic carbocycles. The molecule has 0 atom stereocenters. The lowest BCUT2D eigenvalue weighted by Gasteiger charge is -2.17. The van der Waals surface area contributed by atoms with E-state index in [9.17, 15) is 14.4 Å². The number of amides is 3. The largest absolute Gasteiger partial charge is 0.326 e. The summed E-state index contributed by atoms with van der Waals surface area (Å²) in [7, 11) is 0. The quantitative estimate of drug-likeness (QED) is 0.693. The summed E-state index contributed by atoms with van der Waals surface area (Å²) < 4.78 is 0. The topological polar surface area (TPSA) is 78.5 Å². The van der Waals surface area contributed by atoms with Crippen LogP contribution < -0.4 is 15.5 Å². The molecule has 0 spiro atoms. The van der Waals surface area contributed by atoms with Gasteiger partial charge in [-0.05, 0) is 54.4 Å². The van der Waals surface area contributed by atoms with E-state index in [1.54, 1.807) is 53.4 Å². The first-order valence-corrected chi connectivity index (χ1v) is 9.70. The molecular formula is C24H21N3O3. The second kappa shape index (κ2) is 8.21. The molecule has 3 aromatic rings.